The molecule has 0 amide bonds. The molecule has 0 saturated heterocycles. The van der Waals surface area contributed by atoms with E-state index in [1.165, 1.54) is 0 Å². The number of hydrogen-bond acceptors (Lipinski definition) is 6. The topological polar surface area (TPSA) is 75.5 Å². The van der Waals surface area contributed by atoms with Crippen molar-refractivity contribution in [3.8, 4) is 11.5 Å². The first-order chi connectivity index (χ1) is 12.7. The number of rotatable bonds is 4. The predicted molar refractivity (Wildman–Crippen MR) is 97.5 cm³/mol. The zero-order valence-electron chi connectivity index (χ0n) is 14.1. The van der Waals surface area contributed by atoms with E-state index in [1.54, 1.807) is 16.8 Å². The molecule has 0 unspecified atom stereocenters. The van der Waals surface area contributed by atoms with E-state index in [-0.39, 0.29) is 6.61 Å². The number of carbonyl (C=O) groups excluding carboxylic acids is 1. The summed E-state index contributed by atoms with van der Waals surface area (Å²) in [7, 11) is 0. The Hall–Kier alpha value is -2.61. The van der Waals surface area contributed by atoms with Crippen molar-refractivity contribution in [3.05, 3.63) is 45.9 Å². The Balaban J connectivity index is 1.50. The molecule has 2 heterocycles. The van der Waals surface area contributed by atoms with Gasteiger partial charge in [-0.1, -0.05) is 21.1 Å². The second kappa shape index (κ2) is 6.95. The largest absolute Gasteiger partial charge is 0.486 e. The molecule has 8 heteroatoms. The van der Waals surface area contributed by atoms with Gasteiger partial charge >= 0.3 is 5.97 Å². The standard InChI is InChI=1S/C18H16BrN3O4/c1-2-22-15-4-3-11(7-14(15)20-21-22)18(23)26-10-12-8-16-17(9-13(12)19)25-6-5-24-16/h3-4,7-9H,2,5-6,10H2,1H3. The van der Waals surface area contributed by atoms with Crippen LogP contribution in [0.5, 0.6) is 11.5 Å². The summed E-state index contributed by atoms with van der Waals surface area (Å²) in [6.45, 7) is 3.86. The lowest BCUT2D eigenvalue weighted by atomic mass is 10.2. The van der Waals surface area contributed by atoms with Crippen molar-refractivity contribution < 1.29 is 19.0 Å². The fraction of sp³-hybridized carbons (Fsp3) is 0.278. The number of hydrogen-bond donors (Lipinski definition) is 0. The first kappa shape index (κ1) is 16.8. The van der Waals surface area contributed by atoms with Gasteiger partial charge in [-0.25, -0.2) is 9.48 Å². The van der Waals surface area contributed by atoms with Gasteiger partial charge in [0.2, 0.25) is 0 Å². The summed E-state index contributed by atoms with van der Waals surface area (Å²) >= 11 is 3.48. The van der Waals surface area contributed by atoms with Crippen molar-refractivity contribution in [2.45, 2.75) is 20.1 Å². The van der Waals surface area contributed by atoms with E-state index in [1.807, 2.05) is 25.1 Å². The third-order valence-electron chi connectivity index (χ3n) is 4.12. The Morgan fingerprint density at radius 3 is 2.77 bits per heavy atom. The second-order valence-corrected chi connectivity index (χ2v) is 6.63. The van der Waals surface area contributed by atoms with E-state index in [0.29, 0.717) is 35.8 Å². The molecule has 0 atom stereocenters. The highest BCUT2D eigenvalue weighted by Crippen LogP contribution is 2.35. The van der Waals surface area contributed by atoms with Crippen LogP contribution in [0.2, 0.25) is 0 Å². The summed E-state index contributed by atoms with van der Waals surface area (Å²) in [6, 6.07) is 8.89. The van der Waals surface area contributed by atoms with Crippen LogP contribution >= 0.6 is 15.9 Å². The van der Waals surface area contributed by atoms with Crippen molar-refractivity contribution in [3.63, 3.8) is 0 Å². The number of carbonyl (C=O) groups is 1. The smallest absolute Gasteiger partial charge is 0.338 e. The van der Waals surface area contributed by atoms with Crippen molar-refractivity contribution >= 4 is 32.9 Å². The van der Waals surface area contributed by atoms with Gasteiger partial charge < -0.3 is 14.2 Å². The third-order valence-corrected chi connectivity index (χ3v) is 4.86. The lowest BCUT2D eigenvalue weighted by Crippen LogP contribution is -2.15. The summed E-state index contributed by atoms with van der Waals surface area (Å²) in [5.41, 5.74) is 2.80. The molecule has 0 bridgehead atoms. The molecule has 0 spiro atoms. The van der Waals surface area contributed by atoms with Crippen molar-refractivity contribution in [1.29, 1.82) is 0 Å². The van der Waals surface area contributed by atoms with Crippen molar-refractivity contribution in [2.24, 2.45) is 0 Å². The van der Waals surface area contributed by atoms with Crippen LogP contribution in [0.1, 0.15) is 22.8 Å². The Morgan fingerprint density at radius 1 is 1.23 bits per heavy atom. The van der Waals surface area contributed by atoms with E-state index in [4.69, 9.17) is 14.2 Å². The van der Waals surface area contributed by atoms with Crippen molar-refractivity contribution in [2.75, 3.05) is 13.2 Å². The molecule has 1 aliphatic rings. The maximum Gasteiger partial charge on any atom is 0.338 e. The number of esters is 1. The molecule has 3 aromatic rings. The SMILES string of the molecule is CCn1nnc2cc(C(=O)OCc3cc4c(cc3Br)OCCO4)ccc21. The Labute approximate surface area is 158 Å². The maximum absolute atomic E-state index is 12.4. The van der Waals surface area contributed by atoms with Gasteiger partial charge in [0.25, 0.3) is 0 Å². The number of ether oxygens (including phenoxy) is 3. The highest BCUT2D eigenvalue weighted by Gasteiger charge is 2.17. The zero-order chi connectivity index (χ0) is 18.1. The van der Waals surface area contributed by atoms with Gasteiger partial charge in [-0.15, -0.1) is 5.10 Å². The lowest BCUT2D eigenvalue weighted by Gasteiger charge is -2.19. The van der Waals surface area contributed by atoms with Crippen LogP contribution in [-0.4, -0.2) is 34.2 Å². The molecule has 7 nitrogen and oxygen atoms in total. The van der Waals surface area contributed by atoms with E-state index in [0.717, 1.165) is 22.1 Å². The molecule has 2 aromatic carbocycles. The molecular formula is C18H16BrN3O4. The molecule has 0 N–H and O–H groups in total. The predicted octanol–water partition coefficient (Wildman–Crippen LogP) is 3.34. The first-order valence-corrected chi connectivity index (χ1v) is 9.03. The number of halogens is 1. The molecule has 0 radical (unpaired) electrons. The molecule has 1 aliphatic heterocycles. The summed E-state index contributed by atoms with van der Waals surface area (Å²) in [5.74, 6) is 0.922. The Kier molecular flexibility index (Phi) is 4.50. The minimum Gasteiger partial charge on any atom is -0.486 e. The summed E-state index contributed by atoms with van der Waals surface area (Å²) < 4.78 is 19.1. The maximum atomic E-state index is 12.4. The molecule has 134 valence electrons. The summed E-state index contributed by atoms with van der Waals surface area (Å²) in [4.78, 5) is 12.4. The van der Waals surface area contributed by atoms with Crippen LogP contribution in [0, 0.1) is 0 Å². The number of aryl methyl sites for hydroxylation is 1. The van der Waals surface area contributed by atoms with E-state index >= 15 is 0 Å². The molecule has 26 heavy (non-hydrogen) atoms. The fourth-order valence-corrected chi connectivity index (χ4v) is 3.21. The summed E-state index contributed by atoms with van der Waals surface area (Å²) in [5, 5.41) is 8.12. The van der Waals surface area contributed by atoms with Crippen LogP contribution in [0.25, 0.3) is 11.0 Å². The first-order valence-electron chi connectivity index (χ1n) is 8.24. The van der Waals surface area contributed by atoms with Gasteiger partial charge in [0, 0.05) is 16.6 Å². The van der Waals surface area contributed by atoms with Gasteiger partial charge in [0.05, 0.1) is 11.1 Å². The minimum absolute atomic E-state index is 0.121. The molecule has 0 fully saturated rings. The van der Waals surface area contributed by atoms with Gasteiger partial charge in [-0.3, -0.25) is 0 Å². The Morgan fingerprint density at radius 2 is 2.00 bits per heavy atom. The van der Waals surface area contributed by atoms with Crippen LogP contribution < -0.4 is 9.47 Å². The molecule has 1 aromatic heterocycles. The number of nitrogens with zero attached hydrogens (tertiary/aromatic N) is 3. The van der Waals surface area contributed by atoms with Gasteiger partial charge in [0.15, 0.2) is 11.5 Å². The van der Waals surface area contributed by atoms with Crippen LogP contribution in [-0.2, 0) is 17.9 Å². The van der Waals surface area contributed by atoms with E-state index in [9.17, 15) is 4.79 Å². The number of fused-ring (bicyclic) bond motifs is 2. The van der Waals surface area contributed by atoms with E-state index in [2.05, 4.69) is 26.2 Å². The zero-order valence-corrected chi connectivity index (χ0v) is 15.7. The van der Waals surface area contributed by atoms with Crippen LogP contribution in [0.4, 0.5) is 0 Å². The quantitative estimate of drug-likeness (QED) is 0.605. The Bertz CT molecular complexity index is 986. The highest BCUT2D eigenvalue weighted by atomic mass is 79.9. The highest BCUT2D eigenvalue weighted by molar-refractivity contribution is 9.10. The van der Waals surface area contributed by atoms with Gasteiger partial charge in [0.1, 0.15) is 25.3 Å². The van der Waals surface area contributed by atoms with Crippen LogP contribution in [0.3, 0.4) is 0 Å². The number of benzene rings is 2. The van der Waals surface area contributed by atoms with Crippen LogP contribution in [0.15, 0.2) is 34.8 Å². The molecule has 0 aliphatic carbocycles. The molecule has 4 rings (SSSR count). The average Bonchev–Trinajstić information content (AvgIpc) is 3.08. The molecule has 0 saturated carbocycles. The average molecular weight is 418 g/mol. The second-order valence-electron chi connectivity index (χ2n) is 5.77. The monoisotopic (exact) mass is 417 g/mol. The number of aromatic nitrogens is 3. The molecular weight excluding hydrogens is 402 g/mol. The summed E-state index contributed by atoms with van der Waals surface area (Å²) in [6.07, 6.45) is 0. The van der Waals surface area contributed by atoms with Gasteiger partial charge in [-0.2, -0.15) is 0 Å². The lowest BCUT2D eigenvalue weighted by molar-refractivity contribution is 0.0471. The van der Waals surface area contributed by atoms with Crippen molar-refractivity contribution in [1.82, 2.24) is 15.0 Å². The van der Waals surface area contributed by atoms with Gasteiger partial charge in [-0.05, 0) is 37.3 Å². The normalized spacial score (nSPS) is 13.0. The third kappa shape index (κ3) is 3.12. The minimum atomic E-state index is -0.417. The van der Waals surface area contributed by atoms with E-state index < -0.39 is 5.97 Å². The fourth-order valence-electron chi connectivity index (χ4n) is 2.78.